The van der Waals surface area contributed by atoms with Crippen LogP contribution in [0.4, 0.5) is 0 Å². The van der Waals surface area contributed by atoms with Gasteiger partial charge in [0, 0.05) is 41.5 Å². The molecule has 1 aromatic carbocycles. The second-order valence-corrected chi connectivity index (χ2v) is 8.21. The zero-order valence-electron chi connectivity index (χ0n) is 15.2. The van der Waals surface area contributed by atoms with E-state index in [2.05, 4.69) is 54.8 Å². The smallest absolute Gasteiger partial charge is 0.125 e. The number of piperidine rings is 1. The monoisotopic (exact) mass is 338 g/mol. The van der Waals surface area contributed by atoms with E-state index in [9.17, 15) is 4.79 Å². The highest BCUT2D eigenvalue weighted by molar-refractivity contribution is 5.86. The van der Waals surface area contributed by atoms with Gasteiger partial charge < -0.3 is 14.1 Å². The van der Waals surface area contributed by atoms with Gasteiger partial charge in [0.2, 0.25) is 0 Å². The third-order valence-corrected chi connectivity index (χ3v) is 7.29. The number of ether oxygens (including phenoxy) is 1. The Balaban J connectivity index is 1.66. The summed E-state index contributed by atoms with van der Waals surface area (Å²) in [4.78, 5) is 14.3. The summed E-state index contributed by atoms with van der Waals surface area (Å²) in [5, 5.41) is 1.40. The number of carbonyl (C=O) groups is 1. The number of carbonyl (C=O) groups excluding carboxylic acids is 1. The van der Waals surface area contributed by atoms with E-state index in [4.69, 9.17) is 4.74 Å². The van der Waals surface area contributed by atoms with E-state index in [-0.39, 0.29) is 12.0 Å². The third-order valence-electron chi connectivity index (χ3n) is 7.29. The maximum Gasteiger partial charge on any atom is 0.125 e. The van der Waals surface area contributed by atoms with Crippen molar-refractivity contribution < 1.29 is 9.53 Å². The lowest BCUT2D eigenvalue weighted by molar-refractivity contribution is -0.150. The number of aldehydes is 1. The maximum atomic E-state index is 11.8. The number of aryl methyl sites for hydroxylation is 1. The number of fused-ring (bicyclic) bond motifs is 8. The highest BCUT2D eigenvalue weighted by Crippen LogP contribution is 2.51. The van der Waals surface area contributed by atoms with Crippen molar-refractivity contribution in [1.82, 2.24) is 9.47 Å². The highest BCUT2D eigenvalue weighted by Gasteiger charge is 2.52. The Labute approximate surface area is 148 Å². The van der Waals surface area contributed by atoms with E-state index in [1.165, 1.54) is 22.2 Å². The summed E-state index contributed by atoms with van der Waals surface area (Å²) < 4.78 is 8.40. The molecule has 132 valence electrons. The molecule has 0 saturated carbocycles. The van der Waals surface area contributed by atoms with Gasteiger partial charge in [0.25, 0.3) is 0 Å². The van der Waals surface area contributed by atoms with E-state index in [1.54, 1.807) is 0 Å². The molecule has 2 aromatic rings. The van der Waals surface area contributed by atoms with Crippen LogP contribution in [0.3, 0.4) is 0 Å². The normalized spacial score (nSPS) is 37.6. The minimum atomic E-state index is 0.0358. The highest BCUT2D eigenvalue weighted by atomic mass is 16.5. The zero-order valence-corrected chi connectivity index (χ0v) is 15.2. The van der Waals surface area contributed by atoms with Crippen molar-refractivity contribution >= 4 is 17.2 Å². The van der Waals surface area contributed by atoms with Crippen LogP contribution in [0.5, 0.6) is 0 Å². The molecular formula is C21H26N2O2. The van der Waals surface area contributed by atoms with Crippen LogP contribution in [0.25, 0.3) is 10.9 Å². The summed E-state index contributed by atoms with van der Waals surface area (Å²) in [7, 11) is 4.46. The van der Waals surface area contributed by atoms with Crippen molar-refractivity contribution in [3.8, 4) is 0 Å². The average Bonchev–Trinajstić information content (AvgIpc) is 2.88. The number of likely N-dealkylation sites (N-methyl/N-ethyl adjacent to an activating group) is 1. The van der Waals surface area contributed by atoms with E-state index < -0.39 is 0 Å². The van der Waals surface area contributed by atoms with Crippen LogP contribution in [0.15, 0.2) is 24.3 Å². The molecule has 6 atom stereocenters. The molecule has 4 nitrogen and oxygen atoms in total. The Morgan fingerprint density at radius 1 is 1.20 bits per heavy atom. The SMILES string of the molecule is C[C@H]1OC[C@@H]2[C@@H](C[C@H]3c4c(c5ccccc5n4C)C[C@@H]2N3C)[C@H]1C=O. The zero-order chi connectivity index (χ0) is 17.3. The topological polar surface area (TPSA) is 34.5 Å². The number of rotatable bonds is 1. The number of aromatic nitrogens is 1. The average molecular weight is 338 g/mol. The van der Waals surface area contributed by atoms with Gasteiger partial charge in [-0.05, 0) is 44.4 Å². The van der Waals surface area contributed by atoms with Crippen LogP contribution in [0.1, 0.15) is 30.6 Å². The summed E-state index contributed by atoms with van der Waals surface area (Å²) in [5.41, 5.74) is 4.31. The Bertz CT molecular complexity index is 842. The first kappa shape index (κ1) is 15.6. The Kier molecular flexibility index (Phi) is 3.38. The fourth-order valence-corrected chi connectivity index (χ4v) is 5.97. The van der Waals surface area contributed by atoms with Gasteiger partial charge in [-0.3, -0.25) is 4.90 Å². The Morgan fingerprint density at radius 2 is 2.00 bits per heavy atom. The molecular weight excluding hydrogens is 312 g/mol. The van der Waals surface area contributed by atoms with Crippen molar-refractivity contribution in [2.24, 2.45) is 24.8 Å². The van der Waals surface area contributed by atoms with Gasteiger partial charge in [-0.15, -0.1) is 0 Å². The molecule has 0 spiro atoms. The molecule has 0 radical (unpaired) electrons. The molecule has 25 heavy (non-hydrogen) atoms. The molecule has 0 N–H and O–H groups in total. The van der Waals surface area contributed by atoms with E-state index in [0.29, 0.717) is 23.9 Å². The van der Waals surface area contributed by atoms with E-state index >= 15 is 0 Å². The molecule has 1 aromatic heterocycles. The van der Waals surface area contributed by atoms with E-state index in [0.717, 1.165) is 25.7 Å². The molecule has 3 aliphatic heterocycles. The summed E-state index contributed by atoms with van der Waals surface area (Å²) in [6.07, 6.45) is 3.33. The quantitative estimate of drug-likeness (QED) is 0.750. The molecule has 2 saturated heterocycles. The minimum Gasteiger partial charge on any atom is -0.377 e. The van der Waals surface area contributed by atoms with Gasteiger partial charge in [0.15, 0.2) is 0 Å². The fourth-order valence-electron chi connectivity index (χ4n) is 5.97. The molecule has 2 bridgehead atoms. The first-order valence-electron chi connectivity index (χ1n) is 9.46. The lowest BCUT2D eigenvalue weighted by Crippen LogP contribution is -2.59. The third kappa shape index (κ3) is 1.98. The van der Waals surface area contributed by atoms with Crippen LogP contribution in [-0.2, 0) is 23.0 Å². The summed E-state index contributed by atoms with van der Waals surface area (Å²) in [5.74, 6) is 0.937. The van der Waals surface area contributed by atoms with Crippen molar-refractivity contribution in [3.05, 3.63) is 35.5 Å². The van der Waals surface area contributed by atoms with Crippen LogP contribution < -0.4 is 0 Å². The predicted octanol–water partition coefficient (Wildman–Crippen LogP) is 2.95. The van der Waals surface area contributed by atoms with Gasteiger partial charge in [0.1, 0.15) is 6.29 Å². The molecule has 4 heteroatoms. The first-order valence-corrected chi connectivity index (χ1v) is 9.46. The fraction of sp³-hybridized carbons (Fsp3) is 0.571. The van der Waals surface area contributed by atoms with Gasteiger partial charge >= 0.3 is 0 Å². The van der Waals surface area contributed by atoms with Crippen LogP contribution in [-0.4, -0.2) is 41.6 Å². The number of nitrogens with zero attached hydrogens (tertiary/aromatic N) is 2. The standard InChI is InChI=1S/C21H26N2O2/c1-12-16(10-24)14-8-20-21-15(9-19(22(20)2)17(14)11-25-12)13-6-4-5-7-18(13)23(21)3/h4-7,10,12,14,16-17,19-20H,8-9,11H2,1-3H3/t12-,14+,16+,17-,19+,20+/m1/s1. The van der Waals surface area contributed by atoms with Crippen molar-refractivity contribution in [1.29, 1.82) is 0 Å². The lowest BCUT2D eigenvalue weighted by Gasteiger charge is -2.55. The summed E-state index contributed by atoms with van der Waals surface area (Å²) >= 11 is 0. The number of hydrogen-bond donors (Lipinski definition) is 0. The van der Waals surface area contributed by atoms with E-state index in [1.807, 2.05) is 0 Å². The van der Waals surface area contributed by atoms with Crippen LogP contribution >= 0.6 is 0 Å². The minimum absolute atomic E-state index is 0.0358. The van der Waals surface area contributed by atoms with Gasteiger partial charge in [-0.25, -0.2) is 0 Å². The van der Waals surface area contributed by atoms with Crippen molar-refractivity contribution in [3.63, 3.8) is 0 Å². The maximum absolute atomic E-state index is 11.8. The summed E-state index contributed by atoms with van der Waals surface area (Å²) in [6, 6.07) is 9.64. The molecule has 4 heterocycles. The van der Waals surface area contributed by atoms with Crippen LogP contribution in [0.2, 0.25) is 0 Å². The molecule has 3 aliphatic rings. The molecule has 0 unspecified atom stereocenters. The molecule has 2 fully saturated rings. The predicted molar refractivity (Wildman–Crippen MR) is 97.5 cm³/mol. The molecule has 0 aliphatic carbocycles. The largest absolute Gasteiger partial charge is 0.377 e. The number of benzene rings is 1. The lowest BCUT2D eigenvalue weighted by atomic mass is 9.64. The summed E-state index contributed by atoms with van der Waals surface area (Å²) in [6.45, 7) is 2.85. The first-order chi connectivity index (χ1) is 12.1. The Hall–Kier alpha value is -1.65. The van der Waals surface area contributed by atoms with Gasteiger partial charge in [-0.2, -0.15) is 0 Å². The molecule has 5 rings (SSSR count). The second-order valence-electron chi connectivity index (χ2n) is 8.21. The van der Waals surface area contributed by atoms with Crippen molar-refractivity contribution in [2.75, 3.05) is 13.7 Å². The van der Waals surface area contributed by atoms with Crippen LogP contribution in [0, 0.1) is 17.8 Å². The second kappa shape index (κ2) is 5.42. The Morgan fingerprint density at radius 3 is 2.80 bits per heavy atom. The number of hydrogen-bond acceptors (Lipinski definition) is 3. The molecule has 0 amide bonds. The van der Waals surface area contributed by atoms with Gasteiger partial charge in [-0.1, -0.05) is 18.2 Å². The van der Waals surface area contributed by atoms with Gasteiger partial charge in [0.05, 0.1) is 18.8 Å². The number of para-hydroxylation sites is 1. The van der Waals surface area contributed by atoms with Crippen molar-refractivity contribution in [2.45, 2.75) is 38.0 Å².